The number of piperidine rings is 1. The van der Waals surface area contributed by atoms with Crippen LogP contribution in [0, 0.1) is 17.3 Å². The molecule has 11 nitrogen and oxygen atoms in total. The Hall–Kier alpha value is -2.66. The standard InChI is InChI=1S/C32H53N5O6/c1-22(2)20-36(30(39)28-33-24-11-7-8-12-25(24)35(28)13-9-10-16-42-6)26-19-23(29(38)34-14-17-43-18-15-34)21-37(31(40)41)27(26)32(3,4)5/h22-23,26-27H,7-21H2,1-6H3,(H,40,41)/t23-,26+,27?/m1/s1. The number of carboxylic acid groups (broad SMARTS) is 1. The molecule has 0 bridgehead atoms. The summed E-state index contributed by atoms with van der Waals surface area (Å²) in [5.41, 5.74) is 1.69. The number of unbranched alkanes of at least 4 members (excludes halogenated alkanes) is 1. The van der Waals surface area contributed by atoms with Gasteiger partial charge >= 0.3 is 6.09 Å². The lowest BCUT2D eigenvalue weighted by Gasteiger charge is -2.52. The largest absolute Gasteiger partial charge is 0.465 e. The number of aryl methyl sites for hydroxylation is 1. The number of carbonyl (C=O) groups is 3. The van der Waals surface area contributed by atoms with Gasteiger partial charge in [0.25, 0.3) is 5.91 Å². The van der Waals surface area contributed by atoms with E-state index in [1.165, 1.54) is 4.90 Å². The van der Waals surface area contributed by atoms with Crippen molar-refractivity contribution < 1.29 is 29.0 Å². The Balaban J connectivity index is 1.75. The van der Waals surface area contributed by atoms with Gasteiger partial charge in [-0.25, -0.2) is 9.78 Å². The Morgan fingerprint density at radius 3 is 2.44 bits per heavy atom. The number of methoxy groups -OCH3 is 1. The molecule has 1 aromatic rings. The Morgan fingerprint density at radius 1 is 1.12 bits per heavy atom. The lowest BCUT2D eigenvalue weighted by Crippen LogP contribution is -2.66. The highest BCUT2D eigenvalue weighted by molar-refractivity contribution is 5.92. The van der Waals surface area contributed by atoms with Crippen LogP contribution >= 0.6 is 0 Å². The van der Waals surface area contributed by atoms with Crippen LogP contribution in [0.2, 0.25) is 0 Å². The van der Waals surface area contributed by atoms with Gasteiger partial charge in [-0.05, 0) is 56.3 Å². The van der Waals surface area contributed by atoms with Crippen LogP contribution in [0.25, 0.3) is 0 Å². The highest BCUT2D eigenvalue weighted by Gasteiger charge is 2.50. The number of amides is 3. The Bertz CT molecular complexity index is 1120. The number of fused-ring (bicyclic) bond motifs is 1. The molecule has 2 saturated heterocycles. The summed E-state index contributed by atoms with van der Waals surface area (Å²) >= 11 is 0. The predicted molar refractivity (Wildman–Crippen MR) is 163 cm³/mol. The van der Waals surface area contributed by atoms with Crippen LogP contribution in [0.15, 0.2) is 0 Å². The molecule has 3 aliphatic rings. The summed E-state index contributed by atoms with van der Waals surface area (Å²) in [7, 11) is 1.70. The monoisotopic (exact) mass is 603 g/mol. The number of morpholine rings is 1. The average Bonchev–Trinajstić information content (AvgIpc) is 3.35. The molecule has 3 heterocycles. The molecule has 1 unspecified atom stereocenters. The second kappa shape index (κ2) is 14.4. The van der Waals surface area contributed by atoms with E-state index in [0.29, 0.717) is 58.2 Å². The zero-order valence-electron chi connectivity index (χ0n) is 27.1. The first-order chi connectivity index (χ1) is 20.4. The second-order valence-electron chi connectivity index (χ2n) is 13.9. The van der Waals surface area contributed by atoms with E-state index in [1.807, 2.05) is 25.7 Å². The van der Waals surface area contributed by atoms with Crippen molar-refractivity contribution in [1.29, 1.82) is 0 Å². The van der Waals surface area contributed by atoms with Crippen LogP contribution in [-0.4, -0.2) is 112 Å². The molecular weight excluding hydrogens is 550 g/mol. The summed E-state index contributed by atoms with van der Waals surface area (Å²) in [4.78, 5) is 51.4. The third-order valence-corrected chi connectivity index (χ3v) is 9.08. The minimum Gasteiger partial charge on any atom is -0.465 e. The highest BCUT2D eigenvalue weighted by atomic mass is 16.5. The van der Waals surface area contributed by atoms with Gasteiger partial charge in [-0.1, -0.05) is 34.6 Å². The van der Waals surface area contributed by atoms with Gasteiger partial charge in [-0.2, -0.15) is 0 Å². The van der Waals surface area contributed by atoms with Gasteiger partial charge in [0, 0.05) is 52.1 Å². The maximum Gasteiger partial charge on any atom is 0.407 e. The minimum absolute atomic E-state index is 0.0565. The summed E-state index contributed by atoms with van der Waals surface area (Å²) < 4.78 is 12.9. The van der Waals surface area contributed by atoms with E-state index < -0.39 is 29.5 Å². The summed E-state index contributed by atoms with van der Waals surface area (Å²) in [5.74, 6) is -0.181. The molecule has 3 amide bonds. The molecule has 0 saturated carbocycles. The molecule has 3 atom stereocenters. The Kier molecular flexibility index (Phi) is 11.1. The van der Waals surface area contributed by atoms with E-state index in [-0.39, 0.29) is 24.3 Å². The lowest BCUT2D eigenvalue weighted by atomic mass is 9.74. The average molecular weight is 604 g/mol. The van der Waals surface area contributed by atoms with Crippen molar-refractivity contribution in [2.24, 2.45) is 17.3 Å². The Labute approximate surface area is 256 Å². The van der Waals surface area contributed by atoms with Gasteiger partial charge in [0.2, 0.25) is 5.91 Å². The fourth-order valence-corrected chi connectivity index (χ4v) is 7.23. The van der Waals surface area contributed by atoms with Gasteiger partial charge in [0.05, 0.1) is 36.9 Å². The minimum atomic E-state index is -1.06. The summed E-state index contributed by atoms with van der Waals surface area (Å²) in [6.45, 7) is 14.1. The third kappa shape index (κ3) is 7.71. The molecule has 11 heteroatoms. The van der Waals surface area contributed by atoms with Gasteiger partial charge in [-0.3, -0.25) is 9.59 Å². The van der Waals surface area contributed by atoms with E-state index in [2.05, 4.69) is 18.4 Å². The normalized spacial score (nSPS) is 22.9. The van der Waals surface area contributed by atoms with Crippen LogP contribution in [0.5, 0.6) is 0 Å². The molecule has 1 N–H and O–H groups in total. The molecule has 0 spiro atoms. The maximum atomic E-state index is 14.8. The number of rotatable bonds is 10. The van der Waals surface area contributed by atoms with Gasteiger partial charge in [-0.15, -0.1) is 0 Å². The Morgan fingerprint density at radius 2 is 1.81 bits per heavy atom. The summed E-state index contributed by atoms with van der Waals surface area (Å²) in [6, 6.07) is -0.966. The topological polar surface area (TPSA) is 117 Å². The molecule has 1 aromatic heterocycles. The zero-order chi connectivity index (χ0) is 31.3. The smallest absolute Gasteiger partial charge is 0.407 e. The second-order valence-corrected chi connectivity index (χ2v) is 13.9. The number of likely N-dealkylation sites (tertiary alicyclic amines) is 1. The van der Waals surface area contributed by atoms with Crippen molar-refractivity contribution in [2.75, 3.05) is 53.1 Å². The number of carbonyl (C=O) groups excluding carboxylic acids is 2. The van der Waals surface area contributed by atoms with E-state index in [0.717, 1.165) is 49.9 Å². The lowest BCUT2D eigenvalue weighted by molar-refractivity contribution is -0.144. The van der Waals surface area contributed by atoms with Crippen LogP contribution in [0.4, 0.5) is 4.79 Å². The van der Waals surface area contributed by atoms with Crippen molar-refractivity contribution in [3.63, 3.8) is 0 Å². The van der Waals surface area contributed by atoms with Crippen LogP contribution in [0.3, 0.4) is 0 Å². The van der Waals surface area contributed by atoms with Crippen molar-refractivity contribution in [2.45, 2.75) is 98.2 Å². The number of aromatic nitrogens is 2. The van der Waals surface area contributed by atoms with Crippen molar-refractivity contribution in [3.05, 3.63) is 17.2 Å². The molecule has 1 aliphatic carbocycles. The van der Waals surface area contributed by atoms with Crippen molar-refractivity contribution >= 4 is 17.9 Å². The summed E-state index contributed by atoms with van der Waals surface area (Å²) in [5, 5.41) is 10.5. The van der Waals surface area contributed by atoms with Crippen LogP contribution in [0.1, 0.15) is 88.7 Å². The molecule has 4 rings (SSSR count). The number of ether oxygens (including phenoxy) is 2. The van der Waals surface area contributed by atoms with Crippen molar-refractivity contribution in [3.8, 4) is 0 Å². The number of hydrogen-bond donors (Lipinski definition) is 1. The number of imidazole rings is 1. The molecule has 2 aliphatic heterocycles. The third-order valence-electron chi connectivity index (χ3n) is 9.08. The van der Waals surface area contributed by atoms with E-state index in [4.69, 9.17) is 14.5 Å². The molecule has 43 heavy (non-hydrogen) atoms. The number of nitrogens with zero attached hydrogens (tertiary/aromatic N) is 5. The highest BCUT2D eigenvalue weighted by Crippen LogP contribution is 2.39. The fraction of sp³-hybridized carbons (Fsp3) is 0.812. The van der Waals surface area contributed by atoms with E-state index >= 15 is 0 Å². The van der Waals surface area contributed by atoms with Crippen molar-refractivity contribution in [1.82, 2.24) is 24.3 Å². The molecule has 242 valence electrons. The summed E-state index contributed by atoms with van der Waals surface area (Å²) in [6.07, 6.45) is 5.02. The molecular formula is C32H53N5O6. The van der Waals surface area contributed by atoms with Gasteiger partial charge in [0.15, 0.2) is 5.82 Å². The predicted octanol–water partition coefficient (Wildman–Crippen LogP) is 3.93. The first-order valence-electron chi connectivity index (χ1n) is 16.2. The first-order valence-corrected chi connectivity index (χ1v) is 16.2. The van der Waals surface area contributed by atoms with Gasteiger partial charge < -0.3 is 33.8 Å². The van der Waals surface area contributed by atoms with Gasteiger partial charge in [0.1, 0.15) is 0 Å². The fourth-order valence-electron chi connectivity index (χ4n) is 7.23. The van der Waals surface area contributed by atoms with Crippen LogP contribution < -0.4 is 0 Å². The molecule has 0 aromatic carbocycles. The maximum absolute atomic E-state index is 14.8. The molecule has 2 fully saturated rings. The SMILES string of the molecule is COCCCCn1c(C(=O)N(CC(C)C)[C@H]2C[C@@H](C(=O)N3CCOCC3)CN(C(=O)O)C2C(C)(C)C)nc2c1CCCC2. The van der Waals surface area contributed by atoms with Crippen LogP contribution in [-0.2, 0) is 33.7 Å². The van der Waals surface area contributed by atoms with E-state index in [1.54, 1.807) is 12.0 Å². The zero-order valence-corrected chi connectivity index (χ0v) is 27.1. The number of hydrogen-bond acceptors (Lipinski definition) is 6. The molecule has 0 radical (unpaired) electrons. The van der Waals surface area contributed by atoms with E-state index in [9.17, 15) is 19.5 Å². The first kappa shape index (κ1) is 33.2. The quantitative estimate of drug-likeness (QED) is 0.403.